The van der Waals surface area contributed by atoms with Gasteiger partial charge in [0.1, 0.15) is 0 Å². The first-order chi connectivity index (χ1) is 9.29. The van der Waals surface area contributed by atoms with E-state index in [0.717, 1.165) is 18.5 Å². The Labute approximate surface area is 115 Å². The highest BCUT2D eigenvalue weighted by Gasteiger charge is 2.25. The molecule has 1 aromatic rings. The Balaban J connectivity index is 2.05. The molecule has 2 aliphatic heterocycles. The fourth-order valence-corrected chi connectivity index (χ4v) is 2.83. The molecule has 19 heavy (non-hydrogen) atoms. The standard InChI is InChI=1S/C17H20N2/c1-3-13-8-9-15(17-12(2)10-11-18-17)14-6-4-5-7-16(14)19-13/h4-7,9-12,17-18H,3,8H2,1-2H3. The largest absolute Gasteiger partial charge is 0.384 e. The van der Waals surface area contributed by atoms with Gasteiger partial charge in [-0.1, -0.05) is 44.2 Å². The maximum Gasteiger partial charge on any atom is 0.0704 e. The van der Waals surface area contributed by atoms with Gasteiger partial charge >= 0.3 is 0 Å². The topological polar surface area (TPSA) is 24.4 Å². The van der Waals surface area contributed by atoms with E-state index < -0.39 is 0 Å². The summed E-state index contributed by atoms with van der Waals surface area (Å²) >= 11 is 0. The van der Waals surface area contributed by atoms with Crippen LogP contribution in [0.5, 0.6) is 0 Å². The number of para-hydroxylation sites is 1. The molecular weight excluding hydrogens is 232 g/mol. The fourth-order valence-electron chi connectivity index (χ4n) is 2.83. The lowest BCUT2D eigenvalue weighted by molar-refractivity contribution is 0.620. The van der Waals surface area contributed by atoms with Crippen LogP contribution in [0.25, 0.3) is 5.57 Å². The Morgan fingerprint density at radius 1 is 1.32 bits per heavy atom. The lowest BCUT2D eigenvalue weighted by Gasteiger charge is -2.21. The summed E-state index contributed by atoms with van der Waals surface area (Å²) in [4.78, 5) is 4.82. The third kappa shape index (κ3) is 2.23. The first-order valence-corrected chi connectivity index (χ1v) is 7.08. The number of aliphatic imine (C=N–C) groups is 1. The van der Waals surface area contributed by atoms with Crippen molar-refractivity contribution in [2.45, 2.75) is 32.7 Å². The minimum atomic E-state index is 0.382. The van der Waals surface area contributed by atoms with Gasteiger partial charge < -0.3 is 5.32 Å². The highest BCUT2D eigenvalue weighted by Crippen LogP contribution is 2.35. The molecule has 0 fully saturated rings. The number of benzene rings is 1. The van der Waals surface area contributed by atoms with Gasteiger partial charge in [-0.2, -0.15) is 0 Å². The zero-order chi connectivity index (χ0) is 13.2. The Hall–Kier alpha value is -1.83. The highest BCUT2D eigenvalue weighted by atomic mass is 14.9. The number of nitrogens with one attached hydrogen (secondary N) is 1. The molecule has 2 heteroatoms. The number of hydrogen-bond donors (Lipinski definition) is 1. The summed E-state index contributed by atoms with van der Waals surface area (Å²) in [6, 6.07) is 8.87. The molecule has 3 rings (SSSR count). The summed E-state index contributed by atoms with van der Waals surface area (Å²) in [5.41, 5.74) is 5.05. The van der Waals surface area contributed by atoms with Crippen LogP contribution in [0.3, 0.4) is 0 Å². The molecule has 1 N–H and O–H groups in total. The summed E-state index contributed by atoms with van der Waals surface area (Å²) in [7, 11) is 0. The quantitative estimate of drug-likeness (QED) is 0.842. The molecule has 0 spiro atoms. The van der Waals surface area contributed by atoms with Gasteiger partial charge in [0.2, 0.25) is 0 Å². The monoisotopic (exact) mass is 252 g/mol. The molecule has 1 aromatic carbocycles. The molecule has 0 bridgehead atoms. The van der Waals surface area contributed by atoms with Crippen LogP contribution >= 0.6 is 0 Å². The Kier molecular flexibility index (Phi) is 3.24. The first kappa shape index (κ1) is 12.2. The van der Waals surface area contributed by atoms with E-state index in [9.17, 15) is 0 Å². The molecule has 0 radical (unpaired) electrons. The van der Waals surface area contributed by atoms with Crippen molar-refractivity contribution >= 4 is 17.0 Å². The zero-order valence-corrected chi connectivity index (χ0v) is 11.6. The third-order valence-corrected chi connectivity index (χ3v) is 4.00. The number of nitrogens with zero attached hydrogens (tertiary/aromatic N) is 1. The van der Waals surface area contributed by atoms with Crippen LogP contribution in [0.1, 0.15) is 32.3 Å². The first-order valence-electron chi connectivity index (χ1n) is 7.08. The minimum Gasteiger partial charge on any atom is -0.384 e. The van der Waals surface area contributed by atoms with Crippen molar-refractivity contribution in [2.24, 2.45) is 10.9 Å². The van der Waals surface area contributed by atoms with Gasteiger partial charge in [0, 0.05) is 23.6 Å². The van der Waals surface area contributed by atoms with Crippen LogP contribution < -0.4 is 5.32 Å². The van der Waals surface area contributed by atoms with Crippen LogP contribution in [0.15, 0.2) is 47.6 Å². The van der Waals surface area contributed by atoms with Crippen molar-refractivity contribution in [3.63, 3.8) is 0 Å². The van der Waals surface area contributed by atoms with Crippen LogP contribution in [0.4, 0.5) is 5.69 Å². The number of rotatable bonds is 2. The van der Waals surface area contributed by atoms with E-state index in [1.165, 1.54) is 16.8 Å². The molecule has 2 atom stereocenters. The molecule has 2 heterocycles. The van der Waals surface area contributed by atoms with Gasteiger partial charge in [0.25, 0.3) is 0 Å². The average Bonchev–Trinajstić information content (AvgIpc) is 2.76. The van der Waals surface area contributed by atoms with Gasteiger partial charge in [-0.3, -0.25) is 4.99 Å². The molecular formula is C17H20N2. The van der Waals surface area contributed by atoms with Gasteiger partial charge in [-0.05, 0) is 24.3 Å². The van der Waals surface area contributed by atoms with Crippen LogP contribution in [0, 0.1) is 5.92 Å². The van der Waals surface area contributed by atoms with Gasteiger partial charge in [0.05, 0.1) is 11.7 Å². The summed E-state index contributed by atoms with van der Waals surface area (Å²) in [6.07, 6.45) is 8.65. The second-order valence-corrected chi connectivity index (χ2v) is 5.27. The second-order valence-electron chi connectivity index (χ2n) is 5.27. The van der Waals surface area contributed by atoms with E-state index in [0.29, 0.717) is 12.0 Å². The molecule has 2 aliphatic rings. The van der Waals surface area contributed by atoms with Crippen molar-refractivity contribution in [1.29, 1.82) is 0 Å². The Morgan fingerprint density at radius 3 is 2.89 bits per heavy atom. The van der Waals surface area contributed by atoms with Crippen LogP contribution in [0.2, 0.25) is 0 Å². The molecule has 0 saturated carbocycles. The summed E-state index contributed by atoms with van der Waals surface area (Å²) < 4.78 is 0. The third-order valence-electron chi connectivity index (χ3n) is 4.00. The molecule has 0 aromatic heterocycles. The van der Waals surface area contributed by atoms with Crippen molar-refractivity contribution in [2.75, 3.05) is 0 Å². The SMILES string of the molecule is CCC1=Nc2ccccc2C(C2NC=CC2C)=CC1. The predicted molar refractivity (Wildman–Crippen MR) is 81.6 cm³/mol. The van der Waals surface area contributed by atoms with Gasteiger partial charge in [0.15, 0.2) is 0 Å². The maximum absolute atomic E-state index is 4.82. The normalized spacial score (nSPS) is 25.2. The van der Waals surface area contributed by atoms with Crippen LogP contribution in [-0.2, 0) is 0 Å². The average molecular weight is 252 g/mol. The molecule has 0 aliphatic carbocycles. The molecule has 2 unspecified atom stereocenters. The smallest absolute Gasteiger partial charge is 0.0704 e. The number of hydrogen-bond acceptors (Lipinski definition) is 2. The van der Waals surface area contributed by atoms with E-state index in [2.05, 4.69) is 61.8 Å². The lowest BCUT2D eigenvalue weighted by atomic mass is 9.90. The van der Waals surface area contributed by atoms with E-state index in [1.54, 1.807) is 0 Å². The van der Waals surface area contributed by atoms with Crippen molar-refractivity contribution in [3.05, 3.63) is 48.2 Å². The van der Waals surface area contributed by atoms with E-state index in [1.807, 2.05) is 0 Å². The van der Waals surface area contributed by atoms with Crippen molar-refractivity contribution < 1.29 is 0 Å². The number of allylic oxidation sites excluding steroid dienone is 1. The van der Waals surface area contributed by atoms with Crippen molar-refractivity contribution in [1.82, 2.24) is 5.32 Å². The van der Waals surface area contributed by atoms with E-state index >= 15 is 0 Å². The summed E-state index contributed by atoms with van der Waals surface area (Å²) in [5.74, 6) is 0.530. The van der Waals surface area contributed by atoms with Gasteiger partial charge in [-0.25, -0.2) is 0 Å². The van der Waals surface area contributed by atoms with Crippen molar-refractivity contribution in [3.8, 4) is 0 Å². The molecule has 98 valence electrons. The summed E-state index contributed by atoms with van der Waals surface area (Å²) in [6.45, 7) is 4.44. The molecule has 2 nitrogen and oxygen atoms in total. The molecule has 0 amide bonds. The Bertz CT molecular complexity index is 566. The summed E-state index contributed by atoms with van der Waals surface area (Å²) in [5, 5.41) is 3.48. The minimum absolute atomic E-state index is 0.382. The maximum atomic E-state index is 4.82. The lowest BCUT2D eigenvalue weighted by Crippen LogP contribution is -2.26. The second kappa shape index (κ2) is 5.04. The number of fused-ring (bicyclic) bond motifs is 1. The predicted octanol–water partition coefficient (Wildman–Crippen LogP) is 4.08. The fraction of sp³-hybridized carbons (Fsp3) is 0.353. The van der Waals surface area contributed by atoms with E-state index in [-0.39, 0.29) is 0 Å². The van der Waals surface area contributed by atoms with Crippen LogP contribution in [-0.4, -0.2) is 11.8 Å². The highest BCUT2D eigenvalue weighted by molar-refractivity contribution is 5.94. The molecule has 0 saturated heterocycles. The zero-order valence-electron chi connectivity index (χ0n) is 11.6. The van der Waals surface area contributed by atoms with E-state index in [4.69, 9.17) is 4.99 Å². The van der Waals surface area contributed by atoms with Gasteiger partial charge in [-0.15, -0.1) is 0 Å². The Morgan fingerprint density at radius 2 is 2.16 bits per heavy atom.